The summed E-state index contributed by atoms with van der Waals surface area (Å²) in [4.78, 5) is 2.49. The predicted octanol–water partition coefficient (Wildman–Crippen LogP) is 13.3. The first kappa shape index (κ1) is 31.4. The standard InChI is InChI=1S/C55H37N/c1-56(50-35-34-36-18-5-6-21-38(36)52(50)37-19-3-2-4-20-37)51-33-17-32-49-53(51)55(45-28-13-9-24-41(45)42-25-10-14-29-46(42)55)48-31-16-15-30-47(48)54(49)43-26-11-7-22-39(43)40-23-8-12-27-44(40)54/h2-35H,1H3. The van der Waals surface area contributed by atoms with Gasteiger partial charge in [-0.05, 0) is 89.7 Å². The summed E-state index contributed by atoms with van der Waals surface area (Å²) in [5.41, 5.74) is 19.7. The van der Waals surface area contributed by atoms with E-state index in [1.807, 2.05) is 0 Å². The van der Waals surface area contributed by atoms with Crippen LogP contribution in [0, 0.1) is 0 Å². The van der Waals surface area contributed by atoms with Crippen molar-refractivity contribution in [3.8, 4) is 33.4 Å². The first-order valence-electron chi connectivity index (χ1n) is 19.7. The molecule has 0 bridgehead atoms. The smallest absolute Gasteiger partial charge is 0.0740 e. The second kappa shape index (κ2) is 11.5. The zero-order valence-electron chi connectivity index (χ0n) is 31.1. The van der Waals surface area contributed by atoms with Crippen molar-refractivity contribution < 1.29 is 0 Å². The highest BCUT2D eigenvalue weighted by Gasteiger charge is 2.59. The molecular formula is C55H37N. The van der Waals surface area contributed by atoms with E-state index in [4.69, 9.17) is 0 Å². The molecule has 0 radical (unpaired) electrons. The van der Waals surface area contributed by atoms with Crippen molar-refractivity contribution in [2.24, 2.45) is 0 Å². The lowest BCUT2D eigenvalue weighted by atomic mass is 9.52. The Kier molecular flexibility index (Phi) is 6.46. The molecule has 0 aliphatic heterocycles. The van der Waals surface area contributed by atoms with E-state index >= 15 is 0 Å². The fourth-order valence-corrected chi connectivity index (χ4v) is 11.1. The number of anilines is 2. The summed E-state index contributed by atoms with van der Waals surface area (Å²) in [6.45, 7) is 0. The number of hydrogen-bond acceptors (Lipinski definition) is 1. The van der Waals surface area contributed by atoms with Gasteiger partial charge in [-0.1, -0.05) is 194 Å². The quantitative estimate of drug-likeness (QED) is 0.176. The summed E-state index contributed by atoms with van der Waals surface area (Å²) < 4.78 is 0. The monoisotopic (exact) mass is 711 g/mol. The van der Waals surface area contributed by atoms with Crippen LogP contribution in [0.3, 0.4) is 0 Å². The molecule has 3 aliphatic carbocycles. The maximum Gasteiger partial charge on any atom is 0.0740 e. The molecule has 1 nitrogen and oxygen atoms in total. The van der Waals surface area contributed by atoms with Gasteiger partial charge in [-0.25, -0.2) is 0 Å². The fourth-order valence-electron chi connectivity index (χ4n) is 11.1. The van der Waals surface area contributed by atoms with Crippen LogP contribution in [0.25, 0.3) is 44.2 Å². The predicted molar refractivity (Wildman–Crippen MR) is 232 cm³/mol. The summed E-state index contributed by atoms with van der Waals surface area (Å²) in [6, 6.07) is 77.5. The zero-order chi connectivity index (χ0) is 37.0. The minimum absolute atomic E-state index is 0.528. The summed E-state index contributed by atoms with van der Waals surface area (Å²) in [6.07, 6.45) is 0. The van der Waals surface area contributed by atoms with Gasteiger partial charge in [0.2, 0.25) is 0 Å². The molecule has 12 rings (SSSR count). The van der Waals surface area contributed by atoms with E-state index in [1.165, 1.54) is 100 Å². The van der Waals surface area contributed by atoms with Crippen LogP contribution in [0.1, 0.15) is 44.5 Å². The lowest BCUT2D eigenvalue weighted by Crippen LogP contribution is -2.44. The highest BCUT2D eigenvalue weighted by Crippen LogP contribution is 2.68. The Morgan fingerprint density at radius 2 is 0.768 bits per heavy atom. The summed E-state index contributed by atoms with van der Waals surface area (Å²) >= 11 is 0. The Balaban J connectivity index is 1.27. The van der Waals surface area contributed by atoms with Gasteiger partial charge in [0, 0.05) is 29.5 Å². The number of hydrogen-bond donors (Lipinski definition) is 0. The van der Waals surface area contributed by atoms with Crippen molar-refractivity contribution in [2.45, 2.75) is 10.8 Å². The molecule has 262 valence electrons. The van der Waals surface area contributed by atoms with E-state index in [2.05, 4.69) is 218 Å². The van der Waals surface area contributed by atoms with Gasteiger partial charge in [0.25, 0.3) is 0 Å². The van der Waals surface area contributed by atoms with Gasteiger partial charge >= 0.3 is 0 Å². The third-order valence-electron chi connectivity index (χ3n) is 13.2. The molecular weight excluding hydrogens is 675 g/mol. The average Bonchev–Trinajstić information content (AvgIpc) is 3.74. The Morgan fingerprint density at radius 3 is 1.36 bits per heavy atom. The molecule has 0 atom stereocenters. The highest BCUT2D eigenvalue weighted by atomic mass is 15.1. The van der Waals surface area contributed by atoms with E-state index in [0.717, 1.165) is 0 Å². The molecule has 1 heteroatoms. The molecule has 0 heterocycles. The topological polar surface area (TPSA) is 3.24 Å². The number of benzene rings is 9. The van der Waals surface area contributed by atoms with Crippen LogP contribution in [0.4, 0.5) is 11.4 Å². The maximum atomic E-state index is 2.49. The van der Waals surface area contributed by atoms with Crippen LogP contribution in [-0.2, 0) is 10.8 Å². The molecule has 9 aromatic carbocycles. The molecule has 9 aromatic rings. The Hall–Kier alpha value is -6.96. The lowest BCUT2D eigenvalue weighted by Gasteiger charge is -2.50. The van der Waals surface area contributed by atoms with Crippen molar-refractivity contribution >= 4 is 22.1 Å². The lowest BCUT2D eigenvalue weighted by molar-refractivity contribution is 0.633. The van der Waals surface area contributed by atoms with Crippen LogP contribution >= 0.6 is 0 Å². The van der Waals surface area contributed by atoms with Gasteiger partial charge in [-0.2, -0.15) is 0 Å². The van der Waals surface area contributed by atoms with Crippen molar-refractivity contribution in [2.75, 3.05) is 11.9 Å². The van der Waals surface area contributed by atoms with Crippen molar-refractivity contribution in [3.63, 3.8) is 0 Å². The van der Waals surface area contributed by atoms with Crippen LogP contribution in [0.15, 0.2) is 206 Å². The Morgan fingerprint density at radius 1 is 0.321 bits per heavy atom. The second-order valence-corrected chi connectivity index (χ2v) is 15.5. The highest BCUT2D eigenvalue weighted by molar-refractivity contribution is 6.05. The van der Waals surface area contributed by atoms with Crippen LogP contribution in [0.2, 0.25) is 0 Å². The van der Waals surface area contributed by atoms with Crippen LogP contribution in [0.5, 0.6) is 0 Å². The summed E-state index contributed by atoms with van der Waals surface area (Å²) in [5.74, 6) is 0. The second-order valence-electron chi connectivity index (χ2n) is 15.5. The van der Waals surface area contributed by atoms with Gasteiger partial charge in [0.1, 0.15) is 0 Å². The maximum absolute atomic E-state index is 2.49. The number of fused-ring (bicyclic) bond motifs is 17. The third-order valence-corrected chi connectivity index (χ3v) is 13.2. The number of rotatable bonds is 3. The summed E-state index contributed by atoms with van der Waals surface area (Å²) in [7, 11) is 2.29. The number of nitrogens with zero attached hydrogens (tertiary/aromatic N) is 1. The largest absolute Gasteiger partial charge is 0.344 e. The Labute approximate surface area is 327 Å². The molecule has 0 aromatic heterocycles. The first-order valence-corrected chi connectivity index (χ1v) is 19.7. The first-order chi connectivity index (χ1) is 27.7. The molecule has 0 amide bonds. The molecule has 3 aliphatic rings. The fraction of sp³-hybridized carbons (Fsp3) is 0.0545. The zero-order valence-corrected chi connectivity index (χ0v) is 31.1. The minimum Gasteiger partial charge on any atom is -0.344 e. The van der Waals surface area contributed by atoms with Crippen molar-refractivity contribution in [3.05, 3.63) is 251 Å². The van der Waals surface area contributed by atoms with E-state index in [-0.39, 0.29) is 0 Å². The minimum atomic E-state index is -0.578. The molecule has 0 fully saturated rings. The average molecular weight is 712 g/mol. The van der Waals surface area contributed by atoms with Gasteiger partial charge in [0.05, 0.1) is 10.8 Å². The van der Waals surface area contributed by atoms with Gasteiger partial charge in [-0.3, -0.25) is 0 Å². The van der Waals surface area contributed by atoms with Crippen molar-refractivity contribution in [1.82, 2.24) is 0 Å². The van der Waals surface area contributed by atoms with Gasteiger partial charge < -0.3 is 4.90 Å². The van der Waals surface area contributed by atoms with E-state index < -0.39 is 10.8 Å². The SMILES string of the molecule is CN(c1cccc2c1C1(c3ccccc3-c3ccccc31)c1ccccc1C21c2ccccc2-c2ccccc21)c1ccc2ccccc2c1-c1ccccc1. The van der Waals surface area contributed by atoms with Crippen LogP contribution < -0.4 is 4.90 Å². The molecule has 2 spiro atoms. The molecule has 0 N–H and O–H groups in total. The molecule has 0 unspecified atom stereocenters. The summed E-state index contributed by atoms with van der Waals surface area (Å²) in [5, 5.41) is 2.49. The third kappa shape index (κ3) is 3.80. The molecule has 0 saturated heterocycles. The van der Waals surface area contributed by atoms with Crippen molar-refractivity contribution in [1.29, 1.82) is 0 Å². The van der Waals surface area contributed by atoms with Crippen LogP contribution in [-0.4, -0.2) is 7.05 Å². The normalized spacial score (nSPS) is 14.4. The van der Waals surface area contributed by atoms with E-state index in [1.54, 1.807) is 0 Å². The molecule has 0 saturated carbocycles. The molecule has 56 heavy (non-hydrogen) atoms. The Bertz CT molecular complexity index is 2970. The van der Waals surface area contributed by atoms with E-state index in [9.17, 15) is 0 Å². The van der Waals surface area contributed by atoms with E-state index in [0.29, 0.717) is 0 Å². The van der Waals surface area contributed by atoms with Gasteiger partial charge in [-0.15, -0.1) is 0 Å². The van der Waals surface area contributed by atoms with Gasteiger partial charge in [0.15, 0.2) is 0 Å².